The third-order valence-corrected chi connectivity index (χ3v) is 6.72. The topological polar surface area (TPSA) is 66.5 Å². The Morgan fingerprint density at radius 3 is 2.27 bits per heavy atom. The van der Waals surface area contributed by atoms with Crippen molar-refractivity contribution in [1.82, 2.24) is 0 Å². The Morgan fingerprint density at radius 2 is 1.52 bits per heavy atom. The molecule has 0 saturated carbocycles. The van der Waals surface area contributed by atoms with E-state index in [1.54, 1.807) is 36.4 Å². The molecule has 6 heteroatoms. The standard InChI is InChI=1S/C27H20N2O3S/c30-25-17-24(27(32)29(25)22-8-2-1-3-9-22)33-23-14-12-21(13-15-23)28-26(31)20-11-10-18-6-4-5-7-19(18)16-20/h1-16,24H,17H2,(H,28,31). The number of benzene rings is 4. The van der Waals surface area contributed by atoms with Crippen LogP contribution in [0.25, 0.3) is 10.8 Å². The smallest absolute Gasteiger partial charge is 0.255 e. The van der Waals surface area contributed by atoms with Gasteiger partial charge in [0.05, 0.1) is 10.9 Å². The van der Waals surface area contributed by atoms with Gasteiger partial charge in [0.1, 0.15) is 0 Å². The van der Waals surface area contributed by atoms with Crippen molar-refractivity contribution in [2.24, 2.45) is 0 Å². The van der Waals surface area contributed by atoms with Crippen LogP contribution in [0.4, 0.5) is 11.4 Å². The van der Waals surface area contributed by atoms with Gasteiger partial charge in [0.25, 0.3) is 5.91 Å². The summed E-state index contributed by atoms with van der Waals surface area (Å²) < 4.78 is 0. The zero-order chi connectivity index (χ0) is 22.8. The first-order valence-corrected chi connectivity index (χ1v) is 11.5. The monoisotopic (exact) mass is 452 g/mol. The first-order valence-electron chi connectivity index (χ1n) is 10.6. The zero-order valence-electron chi connectivity index (χ0n) is 17.6. The lowest BCUT2D eigenvalue weighted by molar-refractivity contribution is -0.121. The predicted octanol–water partition coefficient (Wildman–Crippen LogP) is 5.52. The van der Waals surface area contributed by atoms with Gasteiger partial charge in [0, 0.05) is 22.6 Å². The highest BCUT2D eigenvalue weighted by molar-refractivity contribution is 8.00. The van der Waals surface area contributed by atoms with Crippen LogP contribution in [0.5, 0.6) is 0 Å². The zero-order valence-corrected chi connectivity index (χ0v) is 18.4. The molecule has 0 bridgehead atoms. The van der Waals surface area contributed by atoms with Gasteiger partial charge in [-0.25, -0.2) is 4.90 Å². The molecular weight excluding hydrogens is 432 g/mol. The Labute approximate surface area is 195 Å². The second-order valence-electron chi connectivity index (χ2n) is 7.75. The Kier molecular flexibility index (Phi) is 5.67. The van der Waals surface area contributed by atoms with E-state index in [9.17, 15) is 14.4 Å². The highest BCUT2D eigenvalue weighted by Crippen LogP contribution is 2.34. The first kappa shape index (κ1) is 21.0. The molecule has 4 aromatic rings. The lowest BCUT2D eigenvalue weighted by Gasteiger charge is -2.14. The average molecular weight is 453 g/mol. The number of imide groups is 1. The van der Waals surface area contributed by atoms with Crippen molar-refractivity contribution in [3.05, 3.63) is 103 Å². The van der Waals surface area contributed by atoms with E-state index < -0.39 is 5.25 Å². The van der Waals surface area contributed by atoms with Crippen molar-refractivity contribution in [3.63, 3.8) is 0 Å². The van der Waals surface area contributed by atoms with E-state index in [1.165, 1.54) is 16.7 Å². The molecule has 4 aromatic carbocycles. The minimum atomic E-state index is -0.462. The number of amides is 3. The molecule has 5 nitrogen and oxygen atoms in total. The summed E-state index contributed by atoms with van der Waals surface area (Å²) in [5, 5.41) is 4.54. The minimum Gasteiger partial charge on any atom is -0.322 e. The van der Waals surface area contributed by atoms with Crippen LogP contribution in [-0.4, -0.2) is 23.0 Å². The summed E-state index contributed by atoms with van der Waals surface area (Å²) in [6, 6.07) is 29.8. The lowest BCUT2D eigenvalue weighted by atomic mass is 10.1. The molecule has 0 spiro atoms. The van der Waals surface area contributed by atoms with E-state index in [0.717, 1.165) is 15.7 Å². The summed E-state index contributed by atoms with van der Waals surface area (Å²) >= 11 is 1.36. The molecule has 1 unspecified atom stereocenters. The number of thioether (sulfide) groups is 1. The molecule has 0 aromatic heterocycles. The van der Waals surface area contributed by atoms with E-state index in [1.807, 2.05) is 60.7 Å². The summed E-state index contributed by atoms with van der Waals surface area (Å²) in [6.45, 7) is 0. The lowest BCUT2D eigenvalue weighted by Crippen LogP contribution is -2.30. The van der Waals surface area contributed by atoms with Crippen molar-refractivity contribution in [1.29, 1.82) is 0 Å². The highest BCUT2D eigenvalue weighted by atomic mass is 32.2. The average Bonchev–Trinajstić information content (AvgIpc) is 3.13. The van der Waals surface area contributed by atoms with Crippen LogP contribution in [0.15, 0.2) is 102 Å². The molecule has 1 heterocycles. The van der Waals surface area contributed by atoms with E-state index in [2.05, 4.69) is 5.32 Å². The van der Waals surface area contributed by atoms with Crippen LogP contribution in [-0.2, 0) is 9.59 Å². The largest absolute Gasteiger partial charge is 0.322 e. The Balaban J connectivity index is 1.24. The van der Waals surface area contributed by atoms with Crippen LogP contribution in [0.2, 0.25) is 0 Å². The maximum atomic E-state index is 12.8. The number of nitrogens with zero attached hydrogens (tertiary/aromatic N) is 1. The van der Waals surface area contributed by atoms with E-state index >= 15 is 0 Å². The molecule has 5 rings (SSSR count). The summed E-state index contributed by atoms with van der Waals surface area (Å²) in [5.74, 6) is -0.580. The third-order valence-electron chi connectivity index (χ3n) is 5.52. The van der Waals surface area contributed by atoms with Crippen LogP contribution in [0.1, 0.15) is 16.8 Å². The Hall–Kier alpha value is -3.90. The number of hydrogen-bond donors (Lipinski definition) is 1. The number of carbonyl (C=O) groups excluding carboxylic acids is 3. The number of carbonyl (C=O) groups is 3. The molecule has 3 amide bonds. The van der Waals surface area contributed by atoms with Gasteiger partial charge in [0.15, 0.2) is 0 Å². The summed E-state index contributed by atoms with van der Waals surface area (Å²) in [7, 11) is 0. The van der Waals surface area contributed by atoms with Crippen molar-refractivity contribution >= 4 is 51.6 Å². The summed E-state index contributed by atoms with van der Waals surface area (Å²) in [6.07, 6.45) is 0.166. The number of nitrogens with one attached hydrogen (secondary N) is 1. The molecule has 1 aliphatic heterocycles. The van der Waals surface area contributed by atoms with Crippen molar-refractivity contribution in [2.75, 3.05) is 10.2 Å². The van der Waals surface area contributed by atoms with Gasteiger partial charge in [-0.2, -0.15) is 0 Å². The maximum absolute atomic E-state index is 12.8. The first-order chi connectivity index (χ1) is 16.1. The van der Waals surface area contributed by atoms with Crippen LogP contribution in [0, 0.1) is 0 Å². The summed E-state index contributed by atoms with van der Waals surface area (Å²) in [5.41, 5.74) is 1.85. The number of anilines is 2. The van der Waals surface area contributed by atoms with E-state index in [4.69, 9.17) is 0 Å². The molecule has 1 aliphatic rings. The van der Waals surface area contributed by atoms with Gasteiger partial charge in [-0.3, -0.25) is 14.4 Å². The van der Waals surface area contributed by atoms with Gasteiger partial charge in [-0.15, -0.1) is 11.8 Å². The number of rotatable bonds is 5. The second kappa shape index (κ2) is 8.92. The molecule has 33 heavy (non-hydrogen) atoms. The highest BCUT2D eigenvalue weighted by Gasteiger charge is 2.40. The molecule has 1 N–H and O–H groups in total. The quantitative estimate of drug-likeness (QED) is 0.405. The van der Waals surface area contributed by atoms with Gasteiger partial charge in [0.2, 0.25) is 11.8 Å². The van der Waals surface area contributed by atoms with Gasteiger partial charge < -0.3 is 5.32 Å². The van der Waals surface area contributed by atoms with Crippen molar-refractivity contribution in [3.8, 4) is 0 Å². The fourth-order valence-electron chi connectivity index (χ4n) is 3.86. The van der Waals surface area contributed by atoms with Crippen LogP contribution < -0.4 is 10.2 Å². The normalized spacial score (nSPS) is 15.8. The maximum Gasteiger partial charge on any atom is 0.255 e. The molecule has 1 fully saturated rings. The van der Waals surface area contributed by atoms with Crippen LogP contribution in [0.3, 0.4) is 0 Å². The SMILES string of the molecule is O=C(Nc1ccc(SC2CC(=O)N(c3ccccc3)C2=O)cc1)c1ccc2ccccc2c1. The number of hydrogen-bond acceptors (Lipinski definition) is 4. The van der Waals surface area contributed by atoms with Crippen molar-refractivity contribution < 1.29 is 14.4 Å². The Morgan fingerprint density at radius 1 is 0.818 bits per heavy atom. The molecule has 1 atom stereocenters. The number of para-hydroxylation sites is 1. The molecule has 0 radical (unpaired) electrons. The predicted molar refractivity (Wildman–Crippen MR) is 132 cm³/mol. The fraction of sp³-hybridized carbons (Fsp3) is 0.0741. The van der Waals surface area contributed by atoms with Gasteiger partial charge in [-0.1, -0.05) is 48.5 Å². The third kappa shape index (κ3) is 4.38. The van der Waals surface area contributed by atoms with Crippen molar-refractivity contribution in [2.45, 2.75) is 16.6 Å². The summed E-state index contributed by atoms with van der Waals surface area (Å²) in [4.78, 5) is 40.0. The second-order valence-corrected chi connectivity index (χ2v) is 9.03. The molecule has 1 saturated heterocycles. The minimum absolute atomic E-state index is 0.166. The molecule has 0 aliphatic carbocycles. The van der Waals surface area contributed by atoms with E-state index in [-0.39, 0.29) is 24.1 Å². The molecular formula is C27H20N2O3S. The fourth-order valence-corrected chi connectivity index (χ4v) is 4.91. The van der Waals surface area contributed by atoms with Gasteiger partial charge in [-0.05, 0) is 59.3 Å². The number of fused-ring (bicyclic) bond motifs is 1. The van der Waals surface area contributed by atoms with Gasteiger partial charge >= 0.3 is 0 Å². The Bertz CT molecular complexity index is 1350. The van der Waals surface area contributed by atoms with E-state index in [0.29, 0.717) is 16.9 Å². The molecule has 162 valence electrons. The van der Waals surface area contributed by atoms with Crippen LogP contribution >= 0.6 is 11.8 Å².